The highest BCUT2D eigenvalue weighted by atomic mass is 16.6. The molecule has 2 fully saturated rings. The van der Waals surface area contributed by atoms with Crippen molar-refractivity contribution in [2.24, 2.45) is 5.92 Å². The van der Waals surface area contributed by atoms with Gasteiger partial charge in [-0.1, -0.05) is 31.9 Å². The predicted octanol–water partition coefficient (Wildman–Crippen LogP) is 3.55. The van der Waals surface area contributed by atoms with Gasteiger partial charge in [0.05, 0.1) is 12.2 Å². The minimum Gasteiger partial charge on any atom is -0.369 e. The number of epoxide rings is 1. The first-order chi connectivity index (χ1) is 6.27. The highest BCUT2D eigenvalue weighted by molar-refractivity contribution is 5.07. The van der Waals surface area contributed by atoms with Crippen molar-refractivity contribution in [3.63, 3.8) is 0 Å². The van der Waals surface area contributed by atoms with E-state index in [4.69, 9.17) is 4.74 Å². The second kappa shape index (κ2) is 4.80. The van der Waals surface area contributed by atoms with Crippen LogP contribution < -0.4 is 0 Å². The lowest BCUT2D eigenvalue weighted by molar-refractivity contribution is 0.350. The Labute approximate surface area is 82.2 Å². The van der Waals surface area contributed by atoms with Gasteiger partial charge in [0.15, 0.2) is 0 Å². The Bertz CT molecular complexity index is 180. The van der Waals surface area contributed by atoms with E-state index in [2.05, 4.69) is 19.9 Å². The lowest BCUT2D eigenvalue weighted by Crippen LogP contribution is -2.14. The molecule has 3 unspecified atom stereocenters. The lowest BCUT2D eigenvalue weighted by Gasteiger charge is -2.14. The largest absolute Gasteiger partial charge is 0.369 e. The zero-order chi connectivity index (χ0) is 9.84. The molecule has 1 saturated carbocycles. The van der Waals surface area contributed by atoms with Gasteiger partial charge in [-0.05, 0) is 26.7 Å². The van der Waals surface area contributed by atoms with Crippen LogP contribution in [-0.2, 0) is 4.74 Å². The summed E-state index contributed by atoms with van der Waals surface area (Å²) in [5, 5.41) is 0. The molecule has 2 aliphatic rings. The third-order valence-corrected chi connectivity index (χ3v) is 2.62. The molecule has 1 heteroatoms. The number of fused-ring (bicyclic) bond motifs is 1. The van der Waals surface area contributed by atoms with Gasteiger partial charge in [0, 0.05) is 5.92 Å². The Morgan fingerprint density at radius 1 is 1.23 bits per heavy atom. The first-order valence-corrected chi connectivity index (χ1v) is 5.58. The molecule has 0 radical (unpaired) electrons. The van der Waals surface area contributed by atoms with Crippen LogP contribution in [0.25, 0.3) is 0 Å². The molecule has 0 aromatic heterocycles. The summed E-state index contributed by atoms with van der Waals surface area (Å²) in [6.45, 7) is 8.35. The summed E-state index contributed by atoms with van der Waals surface area (Å²) >= 11 is 0. The van der Waals surface area contributed by atoms with Crippen molar-refractivity contribution in [2.75, 3.05) is 0 Å². The van der Waals surface area contributed by atoms with E-state index in [0.717, 1.165) is 5.92 Å². The van der Waals surface area contributed by atoms with E-state index in [9.17, 15) is 0 Å². The van der Waals surface area contributed by atoms with Gasteiger partial charge in [0.2, 0.25) is 0 Å². The van der Waals surface area contributed by atoms with Gasteiger partial charge in [0.25, 0.3) is 0 Å². The molecule has 1 saturated heterocycles. The molecule has 2 rings (SSSR count). The van der Waals surface area contributed by atoms with Crippen molar-refractivity contribution in [1.82, 2.24) is 0 Å². The topological polar surface area (TPSA) is 12.5 Å². The van der Waals surface area contributed by atoms with Crippen LogP contribution >= 0.6 is 0 Å². The van der Waals surface area contributed by atoms with Crippen molar-refractivity contribution in [3.8, 4) is 0 Å². The molecule has 0 N–H and O–H groups in total. The molecule has 1 nitrogen and oxygen atoms in total. The molecule has 13 heavy (non-hydrogen) atoms. The Hall–Kier alpha value is -0.300. The summed E-state index contributed by atoms with van der Waals surface area (Å²) in [7, 11) is 0. The Kier molecular flexibility index (Phi) is 3.98. The smallest absolute Gasteiger partial charge is 0.0904 e. The van der Waals surface area contributed by atoms with Crippen LogP contribution in [0.15, 0.2) is 11.6 Å². The first kappa shape index (κ1) is 10.8. The standard InChI is InChI=1S/C10H16O.C2H6/c1-7(2)6-8-4-3-5-9-10(8)11-9;1-2/h6,8-10H,3-5H2,1-2H3;1-2H3. The number of hydrogen-bond acceptors (Lipinski definition) is 1. The van der Waals surface area contributed by atoms with Crippen LogP contribution in [0.4, 0.5) is 0 Å². The van der Waals surface area contributed by atoms with Gasteiger partial charge in [-0.25, -0.2) is 0 Å². The van der Waals surface area contributed by atoms with Crippen LogP contribution in [0.1, 0.15) is 47.0 Å². The summed E-state index contributed by atoms with van der Waals surface area (Å²) in [5.41, 5.74) is 1.44. The highest BCUT2D eigenvalue weighted by Gasteiger charge is 2.45. The van der Waals surface area contributed by atoms with Gasteiger partial charge < -0.3 is 4.74 Å². The SMILES string of the molecule is CC.CC(C)=CC1CCCC2OC12. The highest BCUT2D eigenvalue weighted by Crippen LogP contribution is 2.41. The van der Waals surface area contributed by atoms with Crippen LogP contribution in [0, 0.1) is 5.92 Å². The second-order valence-corrected chi connectivity index (χ2v) is 3.98. The molecule has 0 aromatic rings. The lowest BCUT2D eigenvalue weighted by atomic mass is 9.88. The van der Waals surface area contributed by atoms with Crippen molar-refractivity contribution in [1.29, 1.82) is 0 Å². The number of allylic oxidation sites excluding steroid dienone is 1. The summed E-state index contributed by atoms with van der Waals surface area (Å²) in [4.78, 5) is 0. The molecular formula is C12H22O. The van der Waals surface area contributed by atoms with E-state index in [1.54, 1.807) is 0 Å². The fourth-order valence-corrected chi connectivity index (χ4v) is 2.09. The molecule has 0 bridgehead atoms. The van der Waals surface area contributed by atoms with Crippen LogP contribution in [0.3, 0.4) is 0 Å². The van der Waals surface area contributed by atoms with Crippen molar-refractivity contribution >= 4 is 0 Å². The second-order valence-electron chi connectivity index (χ2n) is 3.98. The first-order valence-electron chi connectivity index (χ1n) is 5.58. The van der Waals surface area contributed by atoms with E-state index in [1.807, 2.05) is 13.8 Å². The molecule has 0 aromatic carbocycles. The van der Waals surface area contributed by atoms with Gasteiger partial charge in [0.1, 0.15) is 0 Å². The average molecular weight is 182 g/mol. The minimum absolute atomic E-state index is 0.596. The van der Waals surface area contributed by atoms with Crippen LogP contribution in [-0.4, -0.2) is 12.2 Å². The predicted molar refractivity (Wildman–Crippen MR) is 56.8 cm³/mol. The van der Waals surface area contributed by atoms with E-state index in [1.165, 1.54) is 24.8 Å². The molecule has 1 heterocycles. The van der Waals surface area contributed by atoms with E-state index in [0.29, 0.717) is 12.2 Å². The number of rotatable bonds is 1. The normalized spacial score (nSPS) is 35.2. The van der Waals surface area contributed by atoms with Crippen molar-refractivity contribution in [2.45, 2.75) is 59.2 Å². The van der Waals surface area contributed by atoms with Crippen molar-refractivity contribution in [3.05, 3.63) is 11.6 Å². The van der Waals surface area contributed by atoms with Gasteiger partial charge in [-0.3, -0.25) is 0 Å². The minimum atomic E-state index is 0.596. The quantitative estimate of drug-likeness (QED) is 0.446. The number of hydrogen-bond donors (Lipinski definition) is 0. The summed E-state index contributed by atoms with van der Waals surface area (Å²) in [6.07, 6.45) is 7.60. The summed E-state index contributed by atoms with van der Waals surface area (Å²) < 4.78 is 5.55. The fourth-order valence-electron chi connectivity index (χ4n) is 2.09. The number of ether oxygens (including phenoxy) is 1. The van der Waals surface area contributed by atoms with Gasteiger partial charge in [-0.15, -0.1) is 0 Å². The Morgan fingerprint density at radius 3 is 2.54 bits per heavy atom. The maximum absolute atomic E-state index is 5.55. The zero-order valence-electron chi connectivity index (χ0n) is 9.34. The Balaban J connectivity index is 0.000000396. The van der Waals surface area contributed by atoms with Crippen LogP contribution in [0.2, 0.25) is 0 Å². The molecule has 3 atom stereocenters. The fraction of sp³-hybridized carbons (Fsp3) is 0.833. The van der Waals surface area contributed by atoms with E-state index < -0.39 is 0 Å². The summed E-state index contributed by atoms with van der Waals surface area (Å²) in [5.74, 6) is 0.735. The third kappa shape index (κ3) is 2.84. The molecule has 1 aliphatic heterocycles. The molecule has 1 aliphatic carbocycles. The monoisotopic (exact) mass is 182 g/mol. The van der Waals surface area contributed by atoms with Gasteiger partial charge in [-0.2, -0.15) is 0 Å². The molecular weight excluding hydrogens is 160 g/mol. The maximum atomic E-state index is 5.55. The van der Waals surface area contributed by atoms with E-state index in [-0.39, 0.29) is 0 Å². The molecule has 76 valence electrons. The molecule has 0 spiro atoms. The third-order valence-electron chi connectivity index (χ3n) is 2.62. The molecule has 0 amide bonds. The Morgan fingerprint density at radius 2 is 1.92 bits per heavy atom. The zero-order valence-corrected chi connectivity index (χ0v) is 9.34. The van der Waals surface area contributed by atoms with Gasteiger partial charge >= 0.3 is 0 Å². The summed E-state index contributed by atoms with van der Waals surface area (Å²) in [6, 6.07) is 0. The van der Waals surface area contributed by atoms with E-state index >= 15 is 0 Å². The average Bonchev–Trinajstić information content (AvgIpc) is 2.87. The van der Waals surface area contributed by atoms with Crippen LogP contribution in [0.5, 0.6) is 0 Å². The van der Waals surface area contributed by atoms with Crippen molar-refractivity contribution < 1.29 is 4.74 Å². The maximum Gasteiger partial charge on any atom is 0.0904 e.